The van der Waals surface area contributed by atoms with Gasteiger partial charge in [0.1, 0.15) is 17.8 Å². The van der Waals surface area contributed by atoms with E-state index in [1.54, 1.807) is 10.5 Å². The lowest BCUT2D eigenvalue weighted by atomic mass is 9.91. The predicted octanol–water partition coefficient (Wildman–Crippen LogP) is 3.96. The molecule has 0 amide bonds. The second-order valence-electron chi connectivity index (χ2n) is 10.5. The van der Waals surface area contributed by atoms with Gasteiger partial charge in [0.15, 0.2) is 11.5 Å². The van der Waals surface area contributed by atoms with Gasteiger partial charge in [0, 0.05) is 49.3 Å². The van der Waals surface area contributed by atoms with E-state index >= 15 is 0 Å². The summed E-state index contributed by atoms with van der Waals surface area (Å²) in [5.74, 6) is 1.70. The third-order valence-corrected chi connectivity index (χ3v) is 7.16. The van der Waals surface area contributed by atoms with Gasteiger partial charge in [-0.1, -0.05) is 0 Å². The fourth-order valence-corrected chi connectivity index (χ4v) is 5.30. The maximum atomic E-state index is 14.9. The van der Waals surface area contributed by atoms with Crippen LogP contribution in [0.2, 0.25) is 0 Å². The number of rotatable bonds is 2. The fourth-order valence-electron chi connectivity index (χ4n) is 5.30. The SMILES string of the molecule is CC1=CC(N2CCNC(C)(C)C2)=CN2C1=NC(c1cc(F)c3nc(C)cn3c1)NC2=C1CCC1. The molecule has 1 aliphatic carbocycles. The highest BCUT2D eigenvalue weighted by molar-refractivity contribution is 6.01. The van der Waals surface area contributed by atoms with Crippen LogP contribution in [0.1, 0.15) is 57.5 Å². The first-order chi connectivity index (χ1) is 16.3. The molecule has 0 radical (unpaired) electrons. The summed E-state index contributed by atoms with van der Waals surface area (Å²) in [6.07, 6.45) is 11.3. The van der Waals surface area contributed by atoms with Gasteiger partial charge in [-0.3, -0.25) is 4.90 Å². The molecule has 1 unspecified atom stereocenters. The van der Waals surface area contributed by atoms with Gasteiger partial charge in [0.25, 0.3) is 0 Å². The van der Waals surface area contributed by atoms with E-state index in [0.717, 1.165) is 61.0 Å². The molecule has 1 atom stereocenters. The topological polar surface area (TPSA) is 60.2 Å². The van der Waals surface area contributed by atoms with Crippen LogP contribution in [-0.4, -0.2) is 50.2 Å². The average molecular weight is 462 g/mol. The maximum Gasteiger partial charge on any atom is 0.173 e. The summed E-state index contributed by atoms with van der Waals surface area (Å²) in [4.78, 5) is 14.0. The van der Waals surface area contributed by atoms with Gasteiger partial charge in [0.05, 0.1) is 11.4 Å². The van der Waals surface area contributed by atoms with E-state index in [0.29, 0.717) is 5.65 Å². The Morgan fingerprint density at radius 2 is 2.00 bits per heavy atom. The molecule has 2 aromatic heterocycles. The van der Waals surface area contributed by atoms with Gasteiger partial charge in [-0.25, -0.2) is 14.4 Å². The van der Waals surface area contributed by atoms with Crippen LogP contribution in [0.15, 0.2) is 58.4 Å². The van der Waals surface area contributed by atoms with E-state index in [1.165, 1.54) is 17.7 Å². The Hall–Kier alpha value is -3.13. The number of aryl methyl sites for hydroxylation is 1. The van der Waals surface area contributed by atoms with Crippen LogP contribution >= 0.6 is 0 Å². The van der Waals surface area contributed by atoms with Crippen molar-refractivity contribution >= 4 is 11.5 Å². The molecule has 8 heteroatoms. The summed E-state index contributed by atoms with van der Waals surface area (Å²) >= 11 is 0. The minimum Gasteiger partial charge on any atom is -0.367 e. The van der Waals surface area contributed by atoms with E-state index in [1.807, 2.05) is 19.3 Å². The molecule has 0 bridgehead atoms. The summed E-state index contributed by atoms with van der Waals surface area (Å²) < 4.78 is 16.6. The maximum absolute atomic E-state index is 14.9. The number of piperazine rings is 1. The van der Waals surface area contributed by atoms with Crippen LogP contribution in [0.4, 0.5) is 4.39 Å². The highest BCUT2D eigenvalue weighted by Crippen LogP contribution is 2.37. The zero-order chi connectivity index (χ0) is 23.6. The number of aliphatic imine (C=N–C) groups is 1. The van der Waals surface area contributed by atoms with Crippen molar-refractivity contribution in [1.82, 2.24) is 29.8 Å². The largest absolute Gasteiger partial charge is 0.367 e. The van der Waals surface area contributed by atoms with Crippen molar-refractivity contribution in [2.45, 2.75) is 58.7 Å². The van der Waals surface area contributed by atoms with Crippen molar-refractivity contribution in [3.05, 3.63) is 70.5 Å². The van der Waals surface area contributed by atoms with Crippen LogP contribution in [-0.2, 0) is 0 Å². The third kappa shape index (κ3) is 3.60. The number of halogens is 1. The number of pyridine rings is 1. The lowest BCUT2D eigenvalue weighted by molar-refractivity contribution is 0.193. The van der Waals surface area contributed by atoms with Crippen molar-refractivity contribution < 1.29 is 4.39 Å². The summed E-state index contributed by atoms with van der Waals surface area (Å²) in [7, 11) is 0. The fraction of sp³-hybridized carbons (Fsp3) is 0.462. The Morgan fingerprint density at radius 1 is 1.18 bits per heavy atom. The number of hydrogen-bond donors (Lipinski definition) is 2. The molecule has 34 heavy (non-hydrogen) atoms. The summed E-state index contributed by atoms with van der Waals surface area (Å²) in [5.41, 5.74) is 5.75. The van der Waals surface area contributed by atoms with Crippen LogP contribution < -0.4 is 10.6 Å². The van der Waals surface area contributed by atoms with Crippen LogP contribution in [0, 0.1) is 12.7 Å². The van der Waals surface area contributed by atoms with E-state index < -0.39 is 0 Å². The molecule has 3 aliphatic heterocycles. The number of amidine groups is 1. The highest BCUT2D eigenvalue weighted by Gasteiger charge is 2.34. The van der Waals surface area contributed by atoms with Crippen molar-refractivity contribution in [2.24, 2.45) is 4.99 Å². The summed E-state index contributed by atoms with van der Waals surface area (Å²) in [6.45, 7) is 11.4. The smallest absolute Gasteiger partial charge is 0.173 e. The second kappa shape index (κ2) is 7.70. The molecule has 2 fully saturated rings. The van der Waals surface area contributed by atoms with E-state index in [9.17, 15) is 4.39 Å². The number of hydrogen-bond acceptors (Lipinski definition) is 6. The van der Waals surface area contributed by atoms with Crippen molar-refractivity contribution in [1.29, 1.82) is 0 Å². The molecule has 178 valence electrons. The molecule has 6 rings (SSSR count). The molecule has 5 heterocycles. The Kier molecular flexibility index (Phi) is 4.85. The van der Waals surface area contributed by atoms with Crippen LogP contribution in [0.3, 0.4) is 0 Å². The van der Waals surface area contributed by atoms with Crippen LogP contribution in [0.5, 0.6) is 0 Å². The first-order valence-corrected chi connectivity index (χ1v) is 12.2. The molecule has 0 aromatic carbocycles. The molecule has 7 nitrogen and oxygen atoms in total. The predicted molar refractivity (Wildman–Crippen MR) is 131 cm³/mol. The Bertz CT molecular complexity index is 1290. The molecule has 1 saturated heterocycles. The third-order valence-electron chi connectivity index (χ3n) is 7.16. The van der Waals surface area contributed by atoms with E-state index in [4.69, 9.17) is 4.99 Å². The van der Waals surface area contributed by atoms with Gasteiger partial charge < -0.3 is 19.9 Å². The minimum absolute atomic E-state index is 0.0735. The summed E-state index contributed by atoms with van der Waals surface area (Å²) in [6, 6.07) is 1.56. The molecule has 2 aromatic rings. The van der Waals surface area contributed by atoms with Crippen molar-refractivity contribution in [3.8, 4) is 0 Å². The number of nitrogens with one attached hydrogen (secondary N) is 2. The Labute approximate surface area is 199 Å². The van der Waals surface area contributed by atoms with Crippen molar-refractivity contribution in [2.75, 3.05) is 19.6 Å². The average Bonchev–Trinajstić information content (AvgIpc) is 3.13. The van der Waals surface area contributed by atoms with Gasteiger partial charge in [-0.05, 0) is 70.2 Å². The molecule has 1 saturated carbocycles. The highest BCUT2D eigenvalue weighted by atomic mass is 19.1. The molecule has 4 aliphatic rings. The quantitative estimate of drug-likeness (QED) is 0.709. The number of aromatic nitrogens is 2. The van der Waals surface area contributed by atoms with E-state index in [-0.39, 0.29) is 17.5 Å². The van der Waals surface area contributed by atoms with Gasteiger partial charge in [-0.15, -0.1) is 0 Å². The zero-order valence-electron chi connectivity index (χ0n) is 20.3. The monoisotopic (exact) mass is 461 g/mol. The molecular weight excluding hydrogens is 429 g/mol. The number of nitrogens with zero attached hydrogens (tertiary/aromatic N) is 5. The lowest BCUT2D eigenvalue weighted by Gasteiger charge is -2.44. The standard InChI is InChI=1S/C26H32FN7/c1-16-10-20(32-9-8-28-26(3,4)15-32)14-34-23(16)30-22(31-24(34)18-6-5-7-18)19-11-21(27)25-29-17(2)12-33(25)13-19/h10-14,22,28,31H,5-9,15H2,1-4H3. The van der Waals surface area contributed by atoms with Crippen molar-refractivity contribution in [3.63, 3.8) is 0 Å². The van der Waals surface area contributed by atoms with E-state index in [2.05, 4.69) is 58.5 Å². The number of fused-ring (bicyclic) bond motifs is 2. The normalized spacial score (nSPS) is 24.3. The molecular formula is C26H32FN7. The molecule has 2 N–H and O–H groups in total. The second-order valence-corrected chi connectivity index (χ2v) is 10.5. The first kappa shape index (κ1) is 21.4. The molecule has 0 spiro atoms. The van der Waals surface area contributed by atoms with Gasteiger partial charge in [0.2, 0.25) is 0 Å². The Balaban J connectivity index is 1.40. The van der Waals surface area contributed by atoms with Crippen LogP contribution in [0.25, 0.3) is 5.65 Å². The number of allylic oxidation sites excluding steroid dienone is 2. The lowest BCUT2D eigenvalue weighted by Crippen LogP contribution is -2.57. The Morgan fingerprint density at radius 3 is 2.74 bits per heavy atom. The zero-order valence-corrected chi connectivity index (χ0v) is 20.3. The van der Waals surface area contributed by atoms with Gasteiger partial charge in [-0.2, -0.15) is 0 Å². The number of imidazole rings is 1. The minimum atomic E-state index is -0.354. The first-order valence-electron chi connectivity index (χ1n) is 12.2. The van der Waals surface area contributed by atoms with Gasteiger partial charge >= 0.3 is 0 Å². The summed E-state index contributed by atoms with van der Waals surface area (Å²) in [5, 5.41) is 7.24.